The predicted octanol–water partition coefficient (Wildman–Crippen LogP) is 0.0469. The summed E-state index contributed by atoms with van der Waals surface area (Å²) in [5, 5.41) is 33.9. The number of nitrogen functional groups attached to an aromatic ring is 1. The van der Waals surface area contributed by atoms with Crippen LogP contribution >= 0.6 is 34.9 Å². The molecule has 0 bridgehead atoms. The number of ether oxygens (including phenoxy) is 1. The Hall–Kier alpha value is -3.68. The summed E-state index contributed by atoms with van der Waals surface area (Å²) in [4.78, 5) is 56.8. The van der Waals surface area contributed by atoms with E-state index in [1.807, 2.05) is 0 Å². The summed E-state index contributed by atoms with van der Waals surface area (Å²) in [6, 6.07) is 0. The van der Waals surface area contributed by atoms with E-state index < -0.39 is 40.6 Å². The molecule has 0 radical (unpaired) electrons. The number of thiazole rings is 1. The number of hydrogen-bond donors (Lipinski definition) is 4. The van der Waals surface area contributed by atoms with Gasteiger partial charge in [0.15, 0.2) is 10.0 Å². The Morgan fingerprint density at radius 2 is 2.21 bits per heavy atom. The van der Waals surface area contributed by atoms with E-state index in [1.54, 1.807) is 5.38 Å². The number of carbonyl (C=O) groups is 4. The maximum absolute atomic E-state index is 12.8. The summed E-state index contributed by atoms with van der Waals surface area (Å²) in [6.07, 6.45) is 0.928. The topological polar surface area (TPSA) is 233 Å². The minimum Gasteiger partial charge on any atom is -0.480 e. The molecule has 2 aromatic rings. The zero-order chi connectivity index (χ0) is 27.4. The second kappa shape index (κ2) is 11.4. The predicted molar refractivity (Wildman–Crippen MR) is 132 cm³/mol. The van der Waals surface area contributed by atoms with Crippen LogP contribution in [0.5, 0.6) is 0 Å². The van der Waals surface area contributed by atoms with Crippen molar-refractivity contribution in [3.8, 4) is 0 Å². The Morgan fingerprint density at radius 1 is 1.42 bits per heavy atom. The maximum atomic E-state index is 12.8. The molecule has 16 nitrogen and oxygen atoms in total. The molecule has 4 rings (SSSR count). The van der Waals surface area contributed by atoms with Gasteiger partial charge >= 0.3 is 11.9 Å². The highest BCUT2D eigenvalue weighted by atomic mass is 32.2. The molecule has 2 aliphatic heterocycles. The maximum Gasteiger partial charge on any atom is 0.352 e. The second-order valence-electron chi connectivity index (χ2n) is 7.47. The molecule has 1 unspecified atom stereocenters. The van der Waals surface area contributed by atoms with E-state index in [2.05, 4.69) is 30.5 Å². The van der Waals surface area contributed by atoms with E-state index >= 15 is 0 Å². The third-order valence-electron chi connectivity index (χ3n) is 5.07. The molecule has 5 N–H and O–H groups in total. The number of anilines is 1. The molecule has 0 spiro atoms. The number of hydrogen-bond acceptors (Lipinski definition) is 15. The van der Waals surface area contributed by atoms with Gasteiger partial charge in [-0.1, -0.05) is 28.7 Å². The Labute approximate surface area is 225 Å². The van der Waals surface area contributed by atoms with E-state index in [-0.39, 0.29) is 52.0 Å². The molecule has 202 valence electrons. The number of nitrogens with zero attached hydrogens (tertiary/aromatic N) is 5. The van der Waals surface area contributed by atoms with Crippen molar-refractivity contribution < 1.29 is 43.4 Å². The van der Waals surface area contributed by atoms with Crippen molar-refractivity contribution >= 4 is 70.0 Å². The smallest absolute Gasteiger partial charge is 0.352 e. The first-order valence-corrected chi connectivity index (χ1v) is 13.2. The largest absolute Gasteiger partial charge is 0.480 e. The number of amides is 2. The van der Waals surface area contributed by atoms with E-state index in [0.717, 1.165) is 46.0 Å². The zero-order valence-electron chi connectivity index (χ0n) is 19.4. The minimum atomic E-state index is -1.55. The first-order valence-electron chi connectivity index (χ1n) is 10.5. The normalized spacial score (nSPS) is 20.8. The number of thioether (sulfide) groups is 2. The van der Waals surface area contributed by atoms with Crippen molar-refractivity contribution in [2.24, 2.45) is 5.16 Å². The summed E-state index contributed by atoms with van der Waals surface area (Å²) in [6.45, 7) is -0.812. The van der Waals surface area contributed by atoms with Gasteiger partial charge in [0, 0.05) is 16.7 Å². The van der Waals surface area contributed by atoms with Gasteiger partial charge in [0.1, 0.15) is 32.2 Å². The highest BCUT2D eigenvalue weighted by Crippen LogP contribution is 2.55. The average Bonchev–Trinajstić information content (AvgIpc) is 3.50. The van der Waals surface area contributed by atoms with Crippen molar-refractivity contribution in [2.75, 3.05) is 25.2 Å². The number of β-lactam (4-membered cyclic amide) rings is 1. The van der Waals surface area contributed by atoms with Gasteiger partial charge in [-0.15, -0.1) is 21.5 Å². The Bertz CT molecular complexity index is 1330. The lowest BCUT2D eigenvalue weighted by molar-refractivity contribution is -0.146. The number of carboxylic acid groups (broad SMARTS) is 2. The zero-order valence-corrected chi connectivity index (χ0v) is 21.8. The summed E-state index contributed by atoms with van der Waals surface area (Å²) in [5.74, 6) is -3.80. The molecule has 2 aromatic heterocycles. The Morgan fingerprint density at radius 3 is 2.84 bits per heavy atom. The van der Waals surface area contributed by atoms with Crippen LogP contribution in [0.15, 0.2) is 31.4 Å². The number of aromatic nitrogens is 3. The summed E-state index contributed by atoms with van der Waals surface area (Å²) >= 11 is 3.15. The molecule has 0 saturated carbocycles. The SMILES string of the molecule is CON=CC(=O)NC1(c2csc(N)n2)S[C@H]2CC(=O)N2C(C(=O)O)=C1CSc1nnc(COCC(=O)O)o1. The van der Waals surface area contributed by atoms with Crippen molar-refractivity contribution in [1.29, 1.82) is 0 Å². The fourth-order valence-electron chi connectivity index (χ4n) is 3.59. The fraction of sp³-hybridized carbons (Fsp3) is 0.368. The lowest BCUT2D eigenvalue weighted by Crippen LogP contribution is -2.61. The summed E-state index contributed by atoms with van der Waals surface area (Å²) in [7, 11) is 1.25. The molecule has 2 amide bonds. The molecule has 19 heteroatoms. The van der Waals surface area contributed by atoms with Gasteiger partial charge in [-0.05, 0) is 0 Å². The Kier molecular flexibility index (Phi) is 8.19. The Balaban J connectivity index is 1.73. The molecule has 2 atom stereocenters. The number of oxime groups is 1. The highest BCUT2D eigenvalue weighted by molar-refractivity contribution is 8.01. The van der Waals surface area contributed by atoms with Crippen molar-refractivity contribution in [3.05, 3.63) is 28.2 Å². The third kappa shape index (κ3) is 5.59. The highest BCUT2D eigenvalue weighted by Gasteiger charge is 2.57. The van der Waals surface area contributed by atoms with Gasteiger partial charge in [-0.2, -0.15) is 0 Å². The molecule has 0 aromatic carbocycles. The van der Waals surface area contributed by atoms with Crippen LogP contribution in [0.1, 0.15) is 18.0 Å². The molecule has 1 fully saturated rings. The number of carbonyl (C=O) groups excluding carboxylic acids is 2. The average molecular weight is 586 g/mol. The third-order valence-corrected chi connectivity index (χ3v) is 8.15. The number of aliphatic carboxylic acids is 2. The van der Waals surface area contributed by atoms with Crippen LogP contribution in [-0.4, -0.2) is 85.1 Å². The molecule has 2 aliphatic rings. The molecule has 38 heavy (non-hydrogen) atoms. The number of nitrogens with one attached hydrogen (secondary N) is 1. The van der Waals surface area contributed by atoms with Crippen LogP contribution < -0.4 is 11.1 Å². The standard InChI is InChI=1S/C19H19N7O9S3/c1-33-21-3-10(27)23-19(9-7-36-17(20)22-9)8(15(16(31)32)26-12(28)2-13(26)38-19)6-37-18-25-24-11(35-18)4-34-5-14(29)30/h3,7,13H,2,4-6H2,1H3,(H2,20,22)(H,23,27)(H,29,30)(H,31,32)/t13-,19?/m0/s1. The van der Waals surface area contributed by atoms with E-state index in [4.69, 9.17) is 20.0 Å². The first kappa shape index (κ1) is 27.4. The van der Waals surface area contributed by atoms with Crippen molar-refractivity contribution in [1.82, 2.24) is 25.4 Å². The van der Waals surface area contributed by atoms with E-state index in [0.29, 0.717) is 0 Å². The summed E-state index contributed by atoms with van der Waals surface area (Å²) in [5.41, 5.74) is 5.92. The van der Waals surface area contributed by atoms with Crippen LogP contribution in [0.4, 0.5) is 5.13 Å². The monoisotopic (exact) mass is 585 g/mol. The van der Waals surface area contributed by atoms with Crippen LogP contribution in [0.3, 0.4) is 0 Å². The van der Waals surface area contributed by atoms with Gasteiger partial charge < -0.3 is 35.3 Å². The second-order valence-corrected chi connectivity index (χ2v) is 10.7. The van der Waals surface area contributed by atoms with Gasteiger partial charge in [0.25, 0.3) is 11.1 Å². The van der Waals surface area contributed by atoms with Crippen molar-refractivity contribution in [2.45, 2.75) is 28.5 Å². The molecular weight excluding hydrogens is 566 g/mol. The fourth-order valence-corrected chi connectivity index (χ4v) is 6.91. The number of rotatable bonds is 12. The lowest BCUT2D eigenvalue weighted by Gasteiger charge is -2.51. The van der Waals surface area contributed by atoms with Gasteiger partial charge in [0.05, 0.1) is 17.5 Å². The quantitative estimate of drug-likeness (QED) is 0.111. The molecule has 0 aliphatic carbocycles. The molecular formula is C19H19N7O9S3. The number of fused-ring (bicyclic) bond motifs is 1. The van der Waals surface area contributed by atoms with Crippen LogP contribution in [0, 0.1) is 0 Å². The van der Waals surface area contributed by atoms with Crippen LogP contribution in [0.2, 0.25) is 0 Å². The van der Waals surface area contributed by atoms with Crippen molar-refractivity contribution in [3.63, 3.8) is 0 Å². The number of carboxylic acids is 2. The van der Waals surface area contributed by atoms with Crippen LogP contribution in [-0.2, 0) is 40.2 Å². The van der Waals surface area contributed by atoms with E-state index in [9.17, 15) is 24.3 Å². The number of nitrogens with two attached hydrogens (primary N) is 1. The van der Waals surface area contributed by atoms with Crippen LogP contribution in [0.25, 0.3) is 0 Å². The summed E-state index contributed by atoms with van der Waals surface area (Å²) < 4.78 is 10.4. The molecule has 1 saturated heterocycles. The van der Waals surface area contributed by atoms with E-state index in [1.165, 1.54) is 7.11 Å². The molecule has 4 heterocycles. The minimum absolute atomic E-state index is 0.000176. The first-order chi connectivity index (χ1) is 18.1. The van der Waals surface area contributed by atoms with Gasteiger partial charge in [0.2, 0.25) is 11.8 Å². The van der Waals surface area contributed by atoms with Gasteiger partial charge in [-0.3, -0.25) is 14.5 Å². The lowest BCUT2D eigenvalue weighted by atomic mass is 9.98. The van der Waals surface area contributed by atoms with Gasteiger partial charge in [-0.25, -0.2) is 14.6 Å².